The maximum Gasteiger partial charge on any atom is 0.133 e. The highest BCUT2D eigenvalue weighted by molar-refractivity contribution is 7.99. The Morgan fingerprint density at radius 3 is 1.44 bits per heavy atom. The summed E-state index contributed by atoms with van der Waals surface area (Å²) in [5.41, 5.74) is 10.2. The predicted octanol–water partition coefficient (Wildman–Crippen LogP) is 11.3. The van der Waals surface area contributed by atoms with Gasteiger partial charge in [0, 0.05) is 35.0 Å². The molecule has 4 aromatic carbocycles. The molecular weight excluding hydrogens is 653 g/mol. The minimum atomic E-state index is 0.543. The molecular formula is C44H56N2O2S2. The highest BCUT2D eigenvalue weighted by Gasteiger charge is 2.20. The molecule has 50 heavy (non-hydrogen) atoms. The van der Waals surface area contributed by atoms with E-state index < -0.39 is 0 Å². The van der Waals surface area contributed by atoms with Crippen molar-refractivity contribution in [2.75, 3.05) is 25.6 Å². The average Bonchev–Trinajstić information content (AvgIpc) is 3.13. The van der Waals surface area contributed by atoms with Crippen molar-refractivity contribution in [2.24, 2.45) is 0 Å². The van der Waals surface area contributed by atoms with Crippen LogP contribution in [0.5, 0.6) is 11.5 Å². The average molecular weight is 709 g/mol. The zero-order valence-corrected chi connectivity index (χ0v) is 32.7. The second-order valence-electron chi connectivity index (χ2n) is 14.4. The Morgan fingerprint density at radius 1 is 0.600 bits per heavy atom. The number of piperidine rings is 2. The summed E-state index contributed by atoms with van der Waals surface area (Å²) in [6.07, 6.45) is 12.2. The van der Waals surface area contributed by atoms with Crippen molar-refractivity contribution in [3.05, 3.63) is 106 Å². The molecule has 2 fully saturated rings. The summed E-state index contributed by atoms with van der Waals surface area (Å²) in [5, 5.41) is 0. The minimum absolute atomic E-state index is 0.543. The lowest BCUT2D eigenvalue weighted by Gasteiger charge is -2.33. The van der Waals surface area contributed by atoms with Crippen molar-refractivity contribution in [3.63, 3.8) is 0 Å². The molecule has 0 bridgehead atoms. The summed E-state index contributed by atoms with van der Waals surface area (Å²) in [6, 6.07) is 28.0. The first-order valence-corrected chi connectivity index (χ1v) is 21.0. The first-order valence-electron chi connectivity index (χ1n) is 18.6. The Balaban J connectivity index is 1.12. The zero-order valence-electron chi connectivity index (χ0n) is 31.1. The number of nitrogens with zero attached hydrogens (tertiary/aromatic N) is 2. The van der Waals surface area contributed by atoms with Crippen molar-refractivity contribution in [3.8, 4) is 22.6 Å². The van der Waals surface area contributed by atoms with Crippen LogP contribution in [0, 0.1) is 13.8 Å². The summed E-state index contributed by atoms with van der Waals surface area (Å²) in [4.78, 5) is 7.66. The largest absolute Gasteiger partial charge is 0.488 e. The fourth-order valence-corrected chi connectivity index (χ4v) is 8.88. The number of thioether (sulfide) groups is 2. The van der Waals surface area contributed by atoms with Crippen LogP contribution in [0.3, 0.4) is 0 Å². The molecule has 0 saturated carbocycles. The number of rotatable bonds is 13. The van der Waals surface area contributed by atoms with E-state index in [9.17, 15) is 0 Å². The van der Waals surface area contributed by atoms with E-state index in [2.05, 4.69) is 123 Å². The molecule has 0 N–H and O–H groups in total. The molecule has 6 rings (SSSR count). The molecule has 266 valence electrons. The lowest BCUT2D eigenvalue weighted by atomic mass is 9.92. The van der Waals surface area contributed by atoms with Gasteiger partial charge in [-0.25, -0.2) is 0 Å². The molecule has 4 aromatic rings. The predicted molar refractivity (Wildman–Crippen MR) is 214 cm³/mol. The van der Waals surface area contributed by atoms with Gasteiger partial charge in [-0.15, -0.1) is 23.5 Å². The molecule has 0 spiro atoms. The molecule has 0 radical (unpaired) electrons. The number of benzene rings is 4. The van der Waals surface area contributed by atoms with Crippen LogP contribution in [0.2, 0.25) is 0 Å². The number of hydrogen-bond acceptors (Lipinski definition) is 6. The van der Waals surface area contributed by atoms with E-state index >= 15 is 0 Å². The monoisotopic (exact) mass is 708 g/mol. The smallest absolute Gasteiger partial charge is 0.133 e. The van der Waals surface area contributed by atoms with E-state index in [-0.39, 0.29) is 0 Å². The standard InChI is InChI=1S/C44H56N2O2S2/c1-31-13-7-9-23-45(31)27-35-19-21-41(43(25-35)49-5)47-29-37-15-11-17-39(33(37)3)40-18-12-16-38(34(40)4)30-48-42-22-20-36(26-44(42)50-6)28-46-24-10-8-14-32(46)2/h11-12,15-22,25-26,31-32H,7-10,13-14,23-24,27-30H2,1-6H3/t31-,32-/m1/s1. The van der Waals surface area contributed by atoms with Crippen molar-refractivity contribution in [1.82, 2.24) is 9.80 Å². The molecule has 6 heteroatoms. The zero-order chi connectivity index (χ0) is 35.0. The van der Waals surface area contributed by atoms with E-state index in [1.54, 1.807) is 23.5 Å². The third-order valence-electron chi connectivity index (χ3n) is 11.1. The number of ether oxygens (including phenoxy) is 2. The van der Waals surface area contributed by atoms with E-state index in [0.29, 0.717) is 25.3 Å². The number of hydrogen-bond donors (Lipinski definition) is 0. The Labute approximate surface area is 310 Å². The van der Waals surface area contributed by atoms with E-state index in [1.165, 1.54) is 106 Å². The van der Waals surface area contributed by atoms with Gasteiger partial charge in [-0.05, 0) is 148 Å². The third kappa shape index (κ3) is 8.93. The molecule has 2 heterocycles. The van der Waals surface area contributed by atoms with Gasteiger partial charge in [0.05, 0.1) is 0 Å². The first-order chi connectivity index (χ1) is 24.3. The second-order valence-corrected chi connectivity index (χ2v) is 16.1. The Bertz CT molecular complexity index is 1610. The van der Waals surface area contributed by atoms with Crippen LogP contribution >= 0.6 is 23.5 Å². The molecule has 2 saturated heterocycles. The minimum Gasteiger partial charge on any atom is -0.488 e. The molecule has 2 atom stereocenters. The van der Waals surface area contributed by atoms with Crippen LogP contribution in [0.4, 0.5) is 0 Å². The van der Waals surface area contributed by atoms with Gasteiger partial charge in [0.25, 0.3) is 0 Å². The quantitative estimate of drug-likeness (QED) is 0.128. The van der Waals surface area contributed by atoms with Gasteiger partial charge in [-0.3, -0.25) is 9.80 Å². The summed E-state index contributed by atoms with van der Waals surface area (Å²) in [5.74, 6) is 1.93. The number of likely N-dealkylation sites (tertiary alicyclic amines) is 2. The van der Waals surface area contributed by atoms with Gasteiger partial charge < -0.3 is 9.47 Å². The normalized spacial score (nSPS) is 18.7. The fraction of sp³-hybridized carbons (Fsp3) is 0.455. The van der Waals surface area contributed by atoms with Crippen molar-refractivity contribution >= 4 is 23.5 Å². The SMILES string of the molecule is CSc1cc(CN2CCCC[C@H]2C)ccc1OCc1cccc(-c2cccc(COc3ccc(CN4CCCC[C@H]4C)cc3SC)c2C)c1C. The highest BCUT2D eigenvalue weighted by Crippen LogP contribution is 2.35. The maximum atomic E-state index is 6.51. The van der Waals surface area contributed by atoms with Gasteiger partial charge >= 0.3 is 0 Å². The summed E-state index contributed by atoms with van der Waals surface area (Å²) in [7, 11) is 0. The van der Waals surface area contributed by atoms with E-state index in [1.807, 2.05) is 0 Å². The van der Waals surface area contributed by atoms with Crippen molar-refractivity contribution in [1.29, 1.82) is 0 Å². The van der Waals surface area contributed by atoms with Gasteiger partial charge in [0.1, 0.15) is 24.7 Å². The van der Waals surface area contributed by atoms with Gasteiger partial charge in [-0.2, -0.15) is 0 Å². The van der Waals surface area contributed by atoms with Crippen LogP contribution in [-0.2, 0) is 26.3 Å². The molecule has 2 aliphatic heterocycles. The third-order valence-corrected chi connectivity index (χ3v) is 12.6. The maximum absolute atomic E-state index is 6.51. The van der Waals surface area contributed by atoms with Gasteiger partial charge in [0.15, 0.2) is 0 Å². The highest BCUT2D eigenvalue weighted by atomic mass is 32.2. The van der Waals surface area contributed by atoms with Crippen molar-refractivity contribution < 1.29 is 9.47 Å². The second kappa shape index (κ2) is 17.5. The molecule has 0 aliphatic carbocycles. The summed E-state index contributed by atoms with van der Waals surface area (Å²) >= 11 is 3.54. The fourth-order valence-electron chi connectivity index (χ4n) is 7.69. The van der Waals surface area contributed by atoms with E-state index in [4.69, 9.17) is 9.47 Å². The van der Waals surface area contributed by atoms with Crippen LogP contribution in [-0.4, -0.2) is 47.5 Å². The molecule has 2 aliphatic rings. The summed E-state index contributed by atoms with van der Waals surface area (Å²) in [6.45, 7) is 14.7. The lowest BCUT2D eigenvalue weighted by Crippen LogP contribution is -2.36. The van der Waals surface area contributed by atoms with Crippen LogP contribution in [0.15, 0.2) is 82.6 Å². The first kappa shape index (κ1) is 36.9. The van der Waals surface area contributed by atoms with Crippen LogP contribution < -0.4 is 9.47 Å². The van der Waals surface area contributed by atoms with Crippen molar-refractivity contribution in [2.45, 2.75) is 114 Å². The lowest BCUT2D eigenvalue weighted by molar-refractivity contribution is 0.152. The Kier molecular flexibility index (Phi) is 12.9. The molecule has 0 aromatic heterocycles. The van der Waals surface area contributed by atoms with Gasteiger partial charge in [-0.1, -0.05) is 61.4 Å². The Morgan fingerprint density at radius 2 is 1.04 bits per heavy atom. The Hall–Kier alpha value is -2.90. The van der Waals surface area contributed by atoms with Gasteiger partial charge in [0.2, 0.25) is 0 Å². The molecule has 4 nitrogen and oxygen atoms in total. The van der Waals surface area contributed by atoms with E-state index in [0.717, 1.165) is 24.6 Å². The topological polar surface area (TPSA) is 24.9 Å². The molecule has 0 amide bonds. The summed E-state index contributed by atoms with van der Waals surface area (Å²) < 4.78 is 13.0. The molecule has 0 unspecified atom stereocenters. The van der Waals surface area contributed by atoms with Crippen LogP contribution in [0.25, 0.3) is 11.1 Å². The van der Waals surface area contributed by atoms with Crippen LogP contribution in [0.1, 0.15) is 85.8 Å².